The van der Waals surface area contributed by atoms with Gasteiger partial charge in [0.05, 0.1) is 7.11 Å². The van der Waals surface area contributed by atoms with E-state index >= 15 is 0 Å². The number of methoxy groups -OCH3 is 1. The van der Waals surface area contributed by atoms with Crippen LogP contribution >= 0.6 is 0 Å². The van der Waals surface area contributed by atoms with Crippen molar-refractivity contribution >= 4 is 5.97 Å². The van der Waals surface area contributed by atoms with E-state index in [9.17, 15) is 4.79 Å². The van der Waals surface area contributed by atoms with Gasteiger partial charge in [-0.2, -0.15) is 0 Å². The van der Waals surface area contributed by atoms with Gasteiger partial charge in [-0.05, 0) is 44.3 Å². The number of esters is 1. The Balaban J connectivity index is 2.10. The maximum Gasteiger partial charge on any atom is 0.330 e. The predicted molar refractivity (Wildman–Crippen MR) is 53.9 cm³/mol. The molecule has 3 heteroatoms. The molecular weight excluding hydrogens is 178 g/mol. The van der Waals surface area contributed by atoms with E-state index in [2.05, 4.69) is 9.64 Å². The molecule has 0 aromatic heterocycles. The van der Waals surface area contributed by atoms with E-state index in [1.54, 1.807) is 6.08 Å². The maximum absolute atomic E-state index is 11.2. The summed E-state index contributed by atoms with van der Waals surface area (Å²) >= 11 is 0. The third-order valence-electron chi connectivity index (χ3n) is 3.21. The van der Waals surface area contributed by atoms with E-state index in [-0.39, 0.29) is 5.97 Å². The molecule has 2 aliphatic heterocycles. The van der Waals surface area contributed by atoms with Crippen molar-refractivity contribution in [3.63, 3.8) is 0 Å². The van der Waals surface area contributed by atoms with Crippen LogP contribution in [0.15, 0.2) is 11.6 Å². The number of carbonyl (C=O) groups is 1. The number of rotatable bonds is 1. The molecular formula is C11H17NO2. The molecule has 0 aromatic rings. The highest BCUT2D eigenvalue weighted by Gasteiger charge is 2.30. The second-order valence-electron chi connectivity index (χ2n) is 4.04. The van der Waals surface area contributed by atoms with Crippen LogP contribution in [-0.4, -0.2) is 37.1 Å². The monoisotopic (exact) mass is 195 g/mol. The zero-order chi connectivity index (χ0) is 9.97. The molecule has 2 fully saturated rings. The van der Waals surface area contributed by atoms with Crippen LogP contribution in [0.1, 0.15) is 25.7 Å². The van der Waals surface area contributed by atoms with Crippen LogP contribution in [0, 0.1) is 0 Å². The third-order valence-corrected chi connectivity index (χ3v) is 3.21. The van der Waals surface area contributed by atoms with E-state index in [1.807, 2.05) is 0 Å². The summed E-state index contributed by atoms with van der Waals surface area (Å²) in [6.45, 7) is 2.40. The van der Waals surface area contributed by atoms with Gasteiger partial charge in [0.15, 0.2) is 0 Å². The lowest BCUT2D eigenvalue weighted by Gasteiger charge is -2.31. The number of piperidine rings is 1. The summed E-state index contributed by atoms with van der Waals surface area (Å²) in [5.41, 5.74) is 1.28. The maximum atomic E-state index is 11.2. The van der Waals surface area contributed by atoms with Gasteiger partial charge in [0.25, 0.3) is 0 Å². The summed E-state index contributed by atoms with van der Waals surface area (Å²) in [7, 11) is 1.44. The smallest absolute Gasteiger partial charge is 0.330 e. The van der Waals surface area contributed by atoms with Crippen LogP contribution in [0.2, 0.25) is 0 Å². The summed E-state index contributed by atoms with van der Waals surface area (Å²) in [5, 5.41) is 0. The first-order chi connectivity index (χ1) is 6.81. The minimum Gasteiger partial charge on any atom is -0.466 e. The fourth-order valence-corrected chi connectivity index (χ4v) is 2.55. The number of carbonyl (C=O) groups excluding carboxylic acids is 1. The Morgan fingerprint density at radius 1 is 1.50 bits per heavy atom. The van der Waals surface area contributed by atoms with Crippen molar-refractivity contribution in [2.45, 2.75) is 31.7 Å². The summed E-state index contributed by atoms with van der Waals surface area (Å²) in [6.07, 6.45) is 6.42. The van der Waals surface area contributed by atoms with E-state index < -0.39 is 0 Å². The highest BCUT2D eigenvalue weighted by atomic mass is 16.5. The summed E-state index contributed by atoms with van der Waals surface area (Å²) in [6, 6.07) is 0.530. The Kier molecular flexibility index (Phi) is 2.87. The molecule has 2 aliphatic rings. The van der Waals surface area contributed by atoms with E-state index in [0.29, 0.717) is 6.04 Å². The minimum atomic E-state index is -0.200. The lowest BCUT2D eigenvalue weighted by molar-refractivity contribution is -0.134. The van der Waals surface area contributed by atoms with Crippen molar-refractivity contribution in [2.24, 2.45) is 0 Å². The highest BCUT2D eigenvalue weighted by molar-refractivity contribution is 5.82. The van der Waals surface area contributed by atoms with Crippen LogP contribution < -0.4 is 0 Å². The van der Waals surface area contributed by atoms with Gasteiger partial charge in [-0.3, -0.25) is 4.90 Å². The number of nitrogens with zero attached hydrogens (tertiary/aromatic N) is 1. The predicted octanol–water partition coefficient (Wildman–Crippen LogP) is 1.34. The molecule has 0 radical (unpaired) electrons. The molecule has 0 aliphatic carbocycles. The molecule has 78 valence electrons. The van der Waals surface area contributed by atoms with Crippen LogP contribution in [0.5, 0.6) is 0 Å². The molecule has 3 nitrogen and oxygen atoms in total. The van der Waals surface area contributed by atoms with Gasteiger partial charge in [-0.1, -0.05) is 0 Å². The van der Waals surface area contributed by atoms with Crippen molar-refractivity contribution in [1.29, 1.82) is 0 Å². The van der Waals surface area contributed by atoms with Gasteiger partial charge < -0.3 is 4.74 Å². The fraction of sp³-hybridized carbons (Fsp3) is 0.727. The molecule has 14 heavy (non-hydrogen) atoms. The number of hydrogen-bond acceptors (Lipinski definition) is 3. The second kappa shape index (κ2) is 4.13. The Bertz CT molecular complexity index is 260. The van der Waals surface area contributed by atoms with Gasteiger partial charge in [-0.25, -0.2) is 4.79 Å². The molecule has 2 saturated heterocycles. The number of hydrogen-bond donors (Lipinski definition) is 0. The van der Waals surface area contributed by atoms with Crippen LogP contribution in [0.3, 0.4) is 0 Å². The van der Waals surface area contributed by atoms with Crippen LogP contribution in [-0.2, 0) is 9.53 Å². The first-order valence-electron chi connectivity index (χ1n) is 5.33. The molecule has 2 rings (SSSR count). The average molecular weight is 195 g/mol. The first kappa shape index (κ1) is 9.71. The molecule has 0 N–H and O–H groups in total. The largest absolute Gasteiger partial charge is 0.466 e. The van der Waals surface area contributed by atoms with Gasteiger partial charge in [0.2, 0.25) is 0 Å². The quantitative estimate of drug-likeness (QED) is 0.467. The molecule has 0 bridgehead atoms. The number of ether oxygens (including phenoxy) is 1. The molecule has 0 spiro atoms. The van der Waals surface area contributed by atoms with Crippen molar-refractivity contribution in [1.82, 2.24) is 4.90 Å². The summed E-state index contributed by atoms with van der Waals surface area (Å²) in [4.78, 5) is 13.6. The molecule has 0 amide bonds. The lowest BCUT2D eigenvalue weighted by Crippen LogP contribution is -2.36. The molecule has 1 atom stereocenters. The van der Waals surface area contributed by atoms with E-state index in [0.717, 1.165) is 6.42 Å². The van der Waals surface area contributed by atoms with E-state index in [1.165, 1.54) is 45.0 Å². The van der Waals surface area contributed by atoms with Crippen LogP contribution in [0.4, 0.5) is 0 Å². The molecule has 0 aromatic carbocycles. The SMILES string of the molecule is COC(=O)/C=C1\CCCN2CCCC12. The van der Waals surface area contributed by atoms with Gasteiger partial charge in [0.1, 0.15) is 0 Å². The molecule has 2 heterocycles. The zero-order valence-corrected chi connectivity index (χ0v) is 8.66. The van der Waals surface area contributed by atoms with Gasteiger partial charge >= 0.3 is 5.97 Å². The van der Waals surface area contributed by atoms with E-state index in [4.69, 9.17) is 0 Å². The Labute approximate surface area is 84.7 Å². The fourth-order valence-electron chi connectivity index (χ4n) is 2.55. The third kappa shape index (κ3) is 1.82. The normalized spacial score (nSPS) is 30.4. The number of fused-ring (bicyclic) bond motifs is 1. The van der Waals surface area contributed by atoms with Crippen molar-refractivity contribution in [2.75, 3.05) is 20.2 Å². The van der Waals surface area contributed by atoms with Crippen molar-refractivity contribution in [3.05, 3.63) is 11.6 Å². The minimum absolute atomic E-state index is 0.200. The molecule has 1 unspecified atom stereocenters. The highest BCUT2D eigenvalue weighted by Crippen LogP contribution is 2.30. The Morgan fingerprint density at radius 3 is 3.07 bits per heavy atom. The average Bonchev–Trinajstić information content (AvgIpc) is 2.66. The van der Waals surface area contributed by atoms with Gasteiger partial charge in [0, 0.05) is 12.1 Å². The Hall–Kier alpha value is -0.830. The Morgan fingerprint density at radius 2 is 2.29 bits per heavy atom. The standard InChI is InChI=1S/C11H17NO2/c1-14-11(13)8-9-4-2-6-12-7-3-5-10(9)12/h8,10H,2-7H2,1H3/b9-8+. The zero-order valence-electron chi connectivity index (χ0n) is 8.66. The summed E-state index contributed by atoms with van der Waals surface area (Å²) < 4.78 is 4.67. The van der Waals surface area contributed by atoms with Crippen molar-refractivity contribution < 1.29 is 9.53 Å². The van der Waals surface area contributed by atoms with Gasteiger partial charge in [-0.15, -0.1) is 0 Å². The van der Waals surface area contributed by atoms with Crippen molar-refractivity contribution in [3.8, 4) is 0 Å². The second-order valence-corrected chi connectivity index (χ2v) is 4.04. The summed E-state index contributed by atoms with van der Waals surface area (Å²) in [5.74, 6) is -0.200. The lowest BCUT2D eigenvalue weighted by atomic mass is 9.95. The first-order valence-corrected chi connectivity index (χ1v) is 5.33. The molecule has 0 saturated carbocycles. The topological polar surface area (TPSA) is 29.5 Å². The van der Waals surface area contributed by atoms with Crippen LogP contribution in [0.25, 0.3) is 0 Å².